The molecule has 2 aromatic rings. The number of aromatic nitrogens is 3. The van der Waals surface area contributed by atoms with Crippen LogP contribution in [0, 0.1) is 6.92 Å². The first-order chi connectivity index (χ1) is 7.20. The van der Waals surface area contributed by atoms with Gasteiger partial charge in [-0.2, -0.15) is 0 Å². The van der Waals surface area contributed by atoms with E-state index in [1.807, 2.05) is 6.92 Å². The summed E-state index contributed by atoms with van der Waals surface area (Å²) in [5, 5.41) is 8.91. The lowest BCUT2D eigenvalue weighted by Gasteiger charge is -2.07. The molecule has 0 bridgehead atoms. The Hall–Kier alpha value is -2.17. The second-order valence-electron chi connectivity index (χ2n) is 3.09. The molecular formula is C10H9N3O2. The molecule has 76 valence electrons. The molecular weight excluding hydrogens is 194 g/mol. The second kappa shape index (κ2) is 3.53. The van der Waals surface area contributed by atoms with E-state index in [9.17, 15) is 4.79 Å². The Kier molecular flexibility index (Phi) is 2.21. The third-order valence-electron chi connectivity index (χ3n) is 2.08. The summed E-state index contributed by atoms with van der Waals surface area (Å²) in [4.78, 5) is 18.6. The highest BCUT2D eigenvalue weighted by Crippen LogP contribution is 2.13. The fraction of sp³-hybridized carbons (Fsp3) is 0.100. The number of aryl methyl sites for hydroxylation is 1. The number of hydrogen-bond donors (Lipinski definition) is 1. The third kappa shape index (κ3) is 1.59. The first kappa shape index (κ1) is 9.39. The molecule has 0 saturated heterocycles. The number of hydrogen-bond acceptors (Lipinski definition) is 3. The standard InChI is InChI=1S/C10H9N3O2/c1-7-6-11-3-2-8(7)13-5-4-12-9(13)10(14)15/h2-6H,1H3,(H,14,15). The zero-order valence-corrected chi connectivity index (χ0v) is 8.08. The summed E-state index contributed by atoms with van der Waals surface area (Å²) in [6.45, 7) is 1.87. The molecule has 2 heterocycles. The summed E-state index contributed by atoms with van der Waals surface area (Å²) in [6.07, 6.45) is 6.38. The molecule has 0 aliphatic heterocycles. The largest absolute Gasteiger partial charge is 0.475 e. The lowest BCUT2D eigenvalue weighted by atomic mass is 10.2. The van der Waals surface area contributed by atoms with E-state index < -0.39 is 5.97 Å². The van der Waals surface area contributed by atoms with Crippen LogP contribution in [0.2, 0.25) is 0 Å². The van der Waals surface area contributed by atoms with Crippen LogP contribution < -0.4 is 0 Å². The molecule has 15 heavy (non-hydrogen) atoms. The van der Waals surface area contributed by atoms with Crippen LogP contribution in [0.25, 0.3) is 5.69 Å². The van der Waals surface area contributed by atoms with Crippen molar-refractivity contribution in [2.24, 2.45) is 0 Å². The van der Waals surface area contributed by atoms with E-state index >= 15 is 0 Å². The van der Waals surface area contributed by atoms with E-state index in [0.717, 1.165) is 11.3 Å². The van der Waals surface area contributed by atoms with E-state index in [2.05, 4.69) is 9.97 Å². The molecule has 0 aliphatic rings. The molecule has 5 nitrogen and oxygen atoms in total. The van der Waals surface area contributed by atoms with E-state index in [1.54, 1.807) is 24.7 Å². The van der Waals surface area contributed by atoms with Crippen molar-refractivity contribution in [3.05, 3.63) is 42.2 Å². The van der Waals surface area contributed by atoms with Gasteiger partial charge in [0.25, 0.3) is 0 Å². The van der Waals surface area contributed by atoms with Gasteiger partial charge in [-0.25, -0.2) is 9.78 Å². The predicted octanol–water partition coefficient (Wildman–Crippen LogP) is 1.27. The van der Waals surface area contributed by atoms with Gasteiger partial charge in [0.05, 0.1) is 5.69 Å². The number of rotatable bonds is 2. The Morgan fingerprint density at radius 3 is 2.93 bits per heavy atom. The van der Waals surface area contributed by atoms with Crippen LogP contribution in [0.5, 0.6) is 0 Å². The zero-order valence-electron chi connectivity index (χ0n) is 8.08. The van der Waals surface area contributed by atoms with Gasteiger partial charge in [-0.15, -0.1) is 0 Å². The van der Waals surface area contributed by atoms with Crippen molar-refractivity contribution in [2.45, 2.75) is 6.92 Å². The Morgan fingerprint density at radius 2 is 2.27 bits per heavy atom. The van der Waals surface area contributed by atoms with Crippen LogP contribution in [-0.2, 0) is 0 Å². The summed E-state index contributed by atoms with van der Waals surface area (Å²) in [5.41, 5.74) is 1.68. The molecule has 0 amide bonds. The smallest absolute Gasteiger partial charge is 0.372 e. The predicted molar refractivity (Wildman–Crippen MR) is 53.1 cm³/mol. The molecule has 0 unspecified atom stereocenters. The number of carboxylic acids is 1. The van der Waals surface area contributed by atoms with E-state index in [1.165, 1.54) is 10.8 Å². The van der Waals surface area contributed by atoms with Gasteiger partial charge in [0.15, 0.2) is 0 Å². The number of carboxylic acid groups (broad SMARTS) is 1. The molecule has 0 radical (unpaired) electrons. The van der Waals surface area contributed by atoms with Crippen LogP contribution in [-0.4, -0.2) is 25.6 Å². The normalized spacial score (nSPS) is 10.2. The molecule has 0 saturated carbocycles. The van der Waals surface area contributed by atoms with Crippen molar-refractivity contribution in [2.75, 3.05) is 0 Å². The van der Waals surface area contributed by atoms with Crippen LogP contribution in [0.1, 0.15) is 16.2 Å². The topological polar surface area (TPSA) is 68.0 Å². The summed E-state index contributed by atoms with van der Waals surface area (Å²) in [6, 6.07) is 1.75. The first-order valence-corrected chi connectivity index (χ1v) is 4.38. The zero-order chi connectivity index (χ0) is 10.8. The number of pyridine rings is 1. The monoisotopic (exact) mass is 203 g/mol. The fourth-order valence-electron chi connectivity index (χ4n) is 1.39. The lowest BCUT2D eigenvalue weighted by Crippen LogP contribution is -2.08. The van der Waals surface area contributed by atoms with Gasteiger partial charge >= 0.3 is 5.97 Å². The fourth-order valence-corrected chi connectivity index (χ4v) is 1.39. The van der Waals surface area contributed by atoms with Crippen LogP contribution in [0.3, 0.4) is 0 Å². The Balaban J connectivity index is 2.59. The maximum Gasteiger partial charge on any atom is 0.372 e. The van der Waals surface area contributed by atoms with Crippen molar-refractivity contribution in [3.8, 4) is 5.69 Å². The van der Waals surface area contributed by atoms with Gasteiger partial charge in [-0.3, -0.25) is 9.55 Å². The Bertz CT molecular complexity index is 505. The summed E-state index contributed by atoms with van der Waals surface area (Å²) < 4.78 is 1.53. The van der Waals surface area contributed by atoms with Gasteiger partial charge in [-0.05, 0) is 18.6 Å². The van der Waals surface area contributed by atoms with Crippen molar-refractivity contribution in [3.63, 3.8) is 0 Å². The van der Waals surface area contributed by atoms with E-state index in [4.69, 9.17) is 5.11 Å². The first-order valence-electron chi connectivity index (χ1n) is 4.38. The third-order valence-corrected chi connectivity index (χ3v) is 2.08. The minimum Gasteiger partial charge on any atom is -0.475 e. The Labute approximate surface area is 86.0 Å². The number of carbonyl (C=O) groups is 1. The van der Waals surface area contributed by atoms with E-state index in [0.29, 0.717) is 0 Å². The van der Waals surface area contributed by atoms with Crippen LogP contribution >= 0.6 is 0 Å². The second-order valence-corrected chi connectivity index (χ2v) is 3.09. The van der Waals surface area contributed by atoms with Gasteiger partial charge in [0.2, 0.25) is 5.82 Å². The van der Waals surface area contributed by atoms with Crippen molar-refractivity contribution in [1.29, 1.82) is 0 Å². The SMILES string of the molecule is Cc1cnccc1-n1ccnc1C(=O)O. The minimum absolute atomic E-state index is 0.00398. The molecule has 5 heteroatoms. The molecule has 1 N–H and O–H groups in total. The average molecular weight is 203 g/mol. The Morgan fingerprint density at radius 1 is 1.47 bits per heavy atom. The van der Waals surface area contributed by atoms with Crippen molar-refractivity contribution >= 4 is 5.97 Å². The number of imidazole rings is 1. The average Bonchev–Trinajstić information content (AvgIpc) is 2.67. The van der Waals surface area contributed by atoms with Gasteiger partial charge in [0, 0.05) is 24.8 Å². The van der Waals surface area contributed by atoms with Crippen LogP contribution in [0.4, 0.5) is 0 Å². The van der Waals surface area contributed by atoms with E-state index in [-0.39, 0.29) is 5.82 Å². The summed E-state index contributed by atoms with van der Waals surface area (Å²) in [5.74, 6) is -1.04. The molecule has 0 spiro atoms. The minimum atomic E-state index is -1.05. The van der Waals surface area contributed by atoms with Crippen molar-refractivity contribution in [1.82, 2.24) is 14.5 Å². The summed E-state index contributed by atoms with van der Waals surface area (Å²) in [7, 11) is 0. The highest BCUT2D eigenvalue weighted by molar-refractivity contribution is 5.84. The highest BCUT2D eigenvalue weighted by atomic mass is 16.4. The number of nitrogens with zero attached hydrogens (tertiary/aromatic N) is 3. The highest BCUT2D eigenvalue weighted by Gasteiger charge is 2.12. The molecule has 0 aromatic carbocycles. The quantitative estimate of drug-likeness (QED) is 0.798. The maximum absolute atomic E-state index is 10.9. The van der Waals surface area contributed by atoms with Crippen molar-refractivity contribution < 1.29 is 9.90 Å². The lowest BCUT2D eigenvalue weighted by molar-refractivity contribution is 0.0681. The molecule has 0 aliphatic carbocycles. The molecule has 0 fully saturated rings. The maximum atomic E-state index is 10.9. The van der Waals surface area contributed by atoms with Gasteiger partial charge < -0.3 is 5.11 Å². The molecule has 0 atom stereocenters. The molecule has 2 aromatic heterocycles. The van der Waals surface area contributed by atoms with Gasteiger partial charge in [-0.1, -0.05) is 0 Å². The van der Waals surface area contributed by atoms with Gasteiger partial charge in [0.1, 0.15) is 0 Å². The number of aromatic carboxylic acids is 1. The molecule has 2 rings (SSSR count). The van der Waals surface area contributed by atoms with Crippen LogP contribution in [0.15, 0.2) is 30.9 Å². The summed E-state index contributed by atoms with van der Waals surface area (Å²) >= 11 is 0.